The Labute approximate surface area is 169 Å². The average molecular weight is 390 g/mol. The molecule has 0 fully saturated rings. The van der Waals surface area contributed by atoms with Gasteiger partial charge in [-0.3, -0.25) is 4.79 Å². The van der Waals surface area contributed by atoms with Crippen molar-refractivity contribution in [2.45, 2.75) is 19.1 Å². The summed E-state index contributed by atoms with van der Waals surface area (Å²) in [5.41, 5.74) is 2.44. The molecule has 29 heavy (non-hydrogen) atoms. The first-order valence-corrected chi connectivity index (χ1v) is 9.53. The van der Waals surface area contributed by atoms with Crippen molar-refractivity contribution in [2.24, 2.45) is 5.92 Å². The first kappa shape index (κ1) is 19.0. The number of carbonyl (C=O) groups is 1. The molecule has 0 aliphatic carbocycles. The summed E-state index contributed by atoms with van der Waals surface area (Å²) in [5, 5.41) is 10.9. The van der Waals surface area contributed by atoms with E-state index in [0.29, 0.717) is 23.5 Å². The molecule has 1 aliphatic rings. The van der Waals surface area contributed by atoms with Gasteiger partial charge in [-0.15, -0.1) is 0 Å². The molecule has 0 spiro atoms. The zero-order chi connectivity index (χ0) is 20.1. The summed E-state index contributed by atoms with van der Waals surface area (Å²) in [6.07, 6.45) is -0.662. The van der Waals surface area contributed by atoms with Crippen molar-refractivity contribution in [1.29, 1.82) is 0 Å². The maximum atomic E-state index is 12.9. The van der Waals surface area contributed by atoms with Gasteiger partial charge < -0.3 is 19.3 Å². The van der Waals surface area contributed by atoms with E-state index in [2.05, 4.69) is 0 Å². The van der Waals surface area contributed by atoms with Gasteiger partial charge in [0.2, 0.25) is 6.79 Å². The lowest BCUT2D eigenvalue weighted by Gasteiger charge is -2.22. The second-order valence-electron chi connectivity index (χ2n) is 6.95. The predicted molar refractivity (Wildman–Crippen MR) is 107 cm³/mol. The summed E-state index contributed by atoms with van der Waals surface area (Å²) in [5.74, 6) is 0.137. The molecule has 148 valence electrons. The second kappa shape index (κ2) is 8.80. The second-order valence-corrected chi connectivity index (χ2v) is 6.95. The molecule has 5 heteroatoms. The van der Waals surface area contributed by atoms with E-state index in [4.69, 9.17) is 14.2 Å². The molecule has 1 aliphatic heterocycles. The SMILES string of the molecule is O=C(OCc1ccccc1)C(Cc1ccc2c(c1)OCO2)C(O)c1ccccc1. The van der Waals surface area contributed by atoms with Crippen molar-refractivity contribution in [2.75, 3.05) is 6.79 Å². The normalized spacial score (nSPS) is 14.2. The Morgan fingerprint density at radius 1 is 0.897 bits per heavy atom. The molecule has 3 aromatic rings. The zero-order valence-corrected chi connectivity index (χ0v) is 15.9. The highest BCUT2D eigenvalue weighted by molar-refractivity contribution is 5.74. The highest BCUT2D eigenvalue weighted by Crippen LogP contribution is 2.34. The summed E-state index contributed by atoms with van der Waals surface area (Å²) < 4.78 is 16.3. The van der Waals surface area contributed by atoms with Crippen LogP contribution in [0.15, 0.2) is 78.9 Å². The summed E-state index contributed by atoms with van der Waals surface area (Å²) in [7, 11) is 0. The van der Waals surface area contributed by atoms with Crippen molar-refractivity contribution in [3.05, 3.63) is 95.6 Å². The summed E-state index contributed by atoms with van der Waals surface area (Å²) in [4.78, 5) is 12.9. The number of aliphatic hydroxyl groups is 1. The van der Waals surface area contributed by atoms with Gasteiger partial charge >= 0.3 is 5.97 Å². The number of hydrogen-bond donors (Lipinski definition) is 1. The number of aliphatic hydroxyl groups excluding tert-OH is 1. The van der Waals surface area contributed by atoms with Crippen LogP contribution in [0.4, 0.5) is 0 Å². The van der Waals surface area contributed by atoms with Crippen molar-refractivity contribution < 1.29 is 24.1 Å². The Kier molecular flexibility index (Phi) is 5.77. The summed E-state index contributed by atoms with van der Waals surface area (Å²) in [6.45, 7) is 0.354. The third kappa shape index (κ3) is 4.58. The Balaban J connectivity index is 1.54. The van der Waals surface area contributed by atoms with Crippen LogP contribution in [-0.4, -0.2) is 17.9 Å². The van der Waals surface area contributed by atoms with Crippen LogP contribution in [0.2, 0.25) is 0 Å². The fourth-order valence-corrected chi connectivity index (χ4v) is 3.36. The van der Waals surface area contributed by atoms with E-state index in [-0.39, 0.29) is 13.4 Å². The van der Waals surface area contributed by atoms with Crippen LogP contribution >= 0.6 is 0 Å². The summed E-state index contributed by atoms with van der Waals surface area (Å²) in [6, 6.07) is 24.2. The van der Waals surface area contributed by atoms with Crippen LogP contribution in [0.5, 0.6) is 11.5 Å². The first-order valence-electron chi connectivity index (χ1n) is 9.53. The van der Waals surface area contributed by atoms with Gasteiger partial charge in [0.15, 0.2) is 11.5 Å². The molecule has 1 heterocycles. The first-order chi connectivity index (χ1) is 14.2. The fraction of sp³-hybridized carbons (Fsp3) is 0.208. The van der Waals surface area contributed by atoms with Gasteiger partial charge in [-0.2, -0.15) is 0 Å². The number of benzene rings is 3. The molecular formula is C24H22O5. The summed E-state index contributed by atoms with van der Waals surface area (Å²) >= 11 is 0. The number of rotatable bonds is 7. The number of carbonyl (C=O) groups excluding carboxylic acids is 1. The molecule has 0 radical (unpaired) electrons. The van der Waals surface area contributed by atoms with Gasteiger partial charge in [-0.1, -0.05) is 66.7 Å². The largest absolute Gasteiger partial charge is 0.461 e. The Morgan fingerprint density at radius 2 is 1.59 bits per heavy atom. The minimum Gasteiger partial charge on any atom is -0.461 e. The van der Waals surface area contributed by atoms with E-state index in [1.54, 1.807) is 0 Å². The molecule has 2 atom stereocenters. The van der Waals surface area contributed by atoms with Crippen molar-refractivity contribution in [3.8, 4) is 11.5 Å². The van der Waals surface area contributed by atoms with E-state index in [0.717, 1.165) is 11.1 Å². The van der Waals surface area contributed by atoms with Crippen LogP contribution in [0.25, 0.3) is 0 Å². The van der Waals surface area contributed by atoms with E-state index in [1.165, 1.54) is 0 Å². The monoisotopic (exact) mass is 390 g/mol. The van der Waals surface area contributed by atoms with Crippen molar-refractivity contribution >= 4 is 5.97 Å². The van der Waals surface area contributed by atoms with Gasteiger partial charge in [0.25, 0.3) is 0 Å². The van der Waals surface area contributed by atoms with Crippen molar-refractivity contribution in [3.63, 3.8) is 0 Å². The highest BCUT2D eigenvalue weighted by Gasteiger charge is 2.30. The maximum Gasteiger partial charge on any atom is 0.312 e. The van der Waals surface area contributed by atoms with Gasteiger partial charge in [0.05, 0.1) is 12.0 Å². The van der Waals surface area contributed by atoms with E-state index in [9.17, 15) is 9.90 Å². The Morgan fingerprint density at radius 3 is 2.34 bits per heavy atom. The molecule has 2 unspecified atom stereocenters. The number of fused-ring (bicyclic) bond motifs is 1. The maximum absolute atomic E-state index is 12.9. The lowest BCUT2D eigenvalue weighted by molar-refractivity contribution is -0.154. The van der Waals surface area contributed by atoms with Gasteiger partial charge in [0.1, 0.15) is 6.61 Å². The Bertz CT molecular complexity index is 956. The van der Waals surface area contributed by atoms with E-state index in [1.807, 2.05) is 78.9 Å². The van der Waals surface area contributed by atoms with Crippen LogP contribution in [0, 0.1) is 5.92 Å². The Hall–Kier alpha value is -3.31. The molecule has 0 saturated heterocycles. The lowest BCUT2D eigenvalue weighted by atomic mass is 9.89. The topological polar surface area (TPSA) is 65.0 Å². The highest BCUT2D eigenvalue weighted by atomic mass is 16.7. The third-order valence-corrected chi connectivity index (χ3v) is 4.94. The molecule has 0 amide bonds. The molecule has 0 saturated carbocycles. The van der Waals surface area contributed by atoms with Gasteiger partial charge in [0, 0.05) is 0 Å². The number of hydrogen-bond acceptors (Lipinski definition) is 5. The number of ether oxygens (including phenoxy) is 3. The molecule has 1 N–H and O–H groups in total. The lowest BCUT2D eigenvalue weighted by Crippen LogP contribution is -2.26. The van der Waals surface area contributed by atoms with E-state index >= 15 is 0 Å². The quantitative estimate of drug-likeness (QED) is 0.617. The minimum atomic E-state index is -0.982. The number of esters is 1. The van der Waals surface area contributed by atoms with Crippen LogP contribution < -0.4 is 9.47 Å². The predicted octanol–water partition coefficient (Wildman–Crippen LogP) is 4.05. The smallest absolute Gasteiger partial charge is 0.312 e. The molecular weight excluding hydrogens is 368 g/mol. The average Bonchev–Trinajstić information content (AvgIpc) is 3.24. The zero-order valence-electron chi connectivity index (χ0n) is 15.9. The molecule has 0 aromatic heterocycles. The molecule has 5 nitrogen and oxygen atoms in total. The minimum absolute atomic E-state index is 0.165. The fourth-order valence-electron chi connectivity index (χ4n) is 3.36. The van der Waals surface area contributed by atoms with Crippen LogP contribution in [0.3, 0.4) is 0 Å². The standard InChI is InChI=1S/C24H22O5/c25-23(19-9-5-2-6-10-19)20(24(26)27-15-17-7-3-1-4-8-17)13-18-11-12-21-22(14-18)29-16-28-21/h1-12,14,20,23,25H,13,15-16H2. The van der Waals surface area contributed by atoms with Crippen LogP contribution in [-0.2, 0) is 22.6 Å². The van der Waals surface area contributed by atoms with Gasteiger partial charge in [-0.25, -0.2) is 0 Å². The molecule has 3 aromatic carbocycles. The molecule has 0 bridgehead atoms. The van der Waals surface area contributed by atoms with Gasteiger partial charge in [-0.05, 0) is 35.2 Å². The van der Waals surface area contributed by atoms with Crippen molar-refractivity contribution in [1.82, 2.24) is 0 Å². The molecule has 4 rings (SSSR count). The van der Waals surface area contributed by atoms with Crippen LogP contribution in [0.1, 0.15) is 22.8 Å². The van der Waals surface area contributed by atoms with E-state index < -0.39 is 18.0 Å². The third-order valence-electron chi connectivity index (χ3n) is 4.94.